The van der Waals surface area contributed by atoms with Gasteiger partial charge in [0.15, 0.2) is 17.2 Å². The lowest BCUT2D eigenvalue weighted by Gasteiger charge is -2.22. The van der Waals surface area contributed by atoms with Crippen LogP contribution in [0.15, 0.2) is 83.0 Å². The Hall–Kier alpha value is -4.85. The summed E-state index contributed by atoms with van der Waals surface area (Å²) in [5.41, 5.74) is 3.77. The third kappa shape index (κ3) is 7.63. The molecule has 1 aromatic heterocycles. The standard InChI is InChI=1S/C31H26F4N6O3S/c1-18(2)24-13-4-19(3)14-26(24)41-27(42)16-45-30(41)38-29(43)36-15-25(32)20-5-7-21(8-6-20)28-37-17-40(39-28)22-9-11-23(12-10-22)44-31(33,34)35/h4-15,17-18,25H,16H2,1-3H3. The van der Waals surface area contributed by atoms with Crippen LogP contribution in [-0.4, -0.2) is 50.2 Å². The molecule has 14 heteroatoms. The number of hydrogen-bond donors (Lipinski definition) is 0. The molecule has 4 aromatic rings. The fourth-order valence-electron chi connectivity index (χ4n) is 4.48. The van der Waals surface area contributed by atoms with Crippen molar-refractivity contribution >= 4 is 40.8 Å². The van der Waals surface area contributed by atoms with Gasteiger partial charge in [0.1, 0.15) is 12.1 Å². The molecule has 9 nitrogen and oxygen atoms in total. The Labute approximate surface area is 259 Å². The summed E-state index contributed by atoms with van der Waals surface area (Å²) >= 11 is 1.12. The number of urea groups is 1. The molecular formula is C31H26F4N6O3S. The van der Waals surface area contributed by atoms with E-state index in [1.165, 1.54) is 40.2 Å². The minimum atomic E-state index is -4.79. The molecule has 2 heterocycles. The molecule has 0 saturated carbocycles. The van der Waals surface area contributed by atoms with Crippen LogP contribution in [0.3, 0.4) is 0 Å². The van der Waals surface area contributed by atoms with E-state index in [9.17, 15) is 27.2 Å². The molecule has 1 aliphatic heterocycles. The Bertz CT molecular complexity index is 1770. The third-order valence-electron chi connectivity index (χ3n) is 6.64. The number of hydrogen-bond acceptors (Lipinski definition) is 6. The molecule has 3 amide bonds. The van der Waals surface area contributed by atoms with E-state index >= 15 is 0 Å². The zero-order valence-electron chi connectivity index (χ0n) is 24.2. The van der Waals surface area contributed by atoms with Crippen LogP contribution >= 0.6 is 11.8 Å². The van der Waals surface area contributed by atoms with Crippen molar-refractivity contribution in [3.8, 4) is 22.8 Å². The summed E-state index contributed by atoms with van der Waals surface area (Å²) in [7, 11) is 0. The van der Waals surface area contributed by atoms with Crippen molar-refractivity contribution in [2.75, 3.05) is 10.7 Å². The molecule has 1 fully saturated rings. The quantitative estimate of drug-likeness (QED) is 0.153. The number of carbonyl (C=O) groups excluding carboxylic acids is 2. The number of aryl methyl sites for hydroxylation is 1. The fraction of sp³-hybridized carbons (Fsp3) is 0.226. The van der Waals surface area contributed by atoms with E-state index in [4.69, 9.17) is 0 Å². The van der Waals surface area contributed by atoms with Crippen molar-refractivity contribution in [3.63, 3.8) is 0 Å². The minimum Gasteiger partial charge on any atom is -0.406 e. The maximum Gasteiger partial charge on any atom is 0.573 e. The molecule has 1 aliphatic rings. The lowest BCUT2D eigenvalue weighted by molar-refractivity contribution is -0.274. The highest BCUT2D eigenvalue weighted by atomic mass is 32.2. The van der Waals surface area contributed by atoms with Crippen molar-refractivity contribution in [2.24, 2.45) is 9.98 Å². The summed E-state index contributed by atoms with van der Waals surface area (Å²) in [6.07, 6.45) is -4.27. The number of alkyl halides is 4. The van der Waals surface area contributed by atoms with Crippen molar-refractivity contribution in [1.29, 1.82) is 0 Å². The maximum atomic E-state index is 15.0. The van der Waals surface area contributed by atoms with Crippen LogP contribution in [0.2, 0.25) is 0 Å². The first-order chi connectivity index (χ1) is 21.4. The average molecular weight is 639 g/mol. The van der Waals surface area contributed by atoms with Gasteiger partial charge in [-0.3, -0.25) is 9.69 Å². The Morgan fingerprint density at radius 2 is 1.78 bits per heavy atom. The summed E-state index contributed by atoms with van der Waals surface area (Å²) in [6.45, 7) is 5.93. The van der Waals surface area contributed by atoms with Gasteiger partial charge in [-0.25, -0.2) is 23.8 Å². The van der Waals surface area contributed by atoms with E-state index < -0.39 is 18.6 Å². The lowest BCUT2D eigenvalue weighted by Crippen LogP contribution is -2.31. The highest BCUT2D eigenvalue weighted by Crippen LogP contribution is 2.34. The second kappa shape index (κ2) is 13.0. The summed E-state index contributed by atoms with van der Waals surface area (Å²) < 4.78 is 57.4. The Balaban J connectivity index is 1.25. The van der Waals surface area contributed by atoms with Crippen LogP contribution in [0, 0.1) is 6.92 Å². The summed E-state index contributed by atoms with van der Waals surface area (Å²) in [4.78, 5) is 38.6. The molecule has 3 aromatic carbocycles. The molecule has 0 bridgehead atoms. The Morgan fingerprint density at radius 3 is 2.44 bits per heavy atom. The van der Waals surface area contributed by atoms with Gasteiger partial charge < -0.3 is 4.74 Å². The molecule has 232 valence electrons. The molecule has 0 N–H and O–H groups in total. The second-order valence-corrected chi connectivity index (χ2v) is 11.2. The molecule has 0 spiro atoms. The van der Waals surface area contributed by atoms with Gasteiger partial charge in [-0.1, -0.05) is 62.0 Å². The molecule has 0 aliphatic carbocycles. The monoisotopic (exact) mass is 638 g/mol. The van der Waals surface area contributed by atoms with Crippen molar-refractivity contribution in [1.82, 2.24) is 14.8 Å². The van der Waals surface area contributed by atoms with E-state index in [0.29, 0.717) is 22.8 Å². The van der Waals surface area contributed by atoms with Gasteiger partial charge in [-0.05, 0) is 59.9 Å². The fourth-order valence-corrected chi connectivity index (χ4v) is 5.33. The number of rotatable bonds is 7. The van der Waals surface area contributed by atoms with E-state index in [1.54, 1.807) is 12.1 Å². The van der Waals surface area contributed by atoms with Gasteiger partial charge in [0.2, 0.25) is 5.91 Å². The zero-order chi connectivity index (χ0) is 32.3. The first kappa shape index (κ1) is 31.6. The number of anilines is 1. The predicted molar refractivity (Wildman–Crippen MR) is 164 cm³/mol. The number of aliphatic imine (C=N–C) groups is 2. The number of amidine groups is 1. The number of ether oxygens (including phenoxy) is 1. The minimum absolute atomic E-state index is 0.121. The number of carbonyl (C=O) groups is 2. The molecule has 5 rings (SSSR count). The zero-order valence-corrected chi connectivity index (χ0v) is 25.0. The third-order valence-corrected chi connectivity index (χ3v) is 7.56. The predicted octanol–water partition coefficient (Wildman–Crippen LogP) is 7.60. The normalized spacial score (nSPS) is 15.4. The van der Waals surface area contributed by atoms with E-state index in [0.717, 1.165) is 41.2 Å². The number of thioether (sulfide) groups is 1. The number of halogens is 4. The summed E-state index contributed by atoms with van der Waals surface area (Å²) in [5, 5.41) is 4.51. The molecule has 45 heavy (non-hydrogen) atoms. The van der Waals surface area contributed by atoms with Crippen LogP contribution in [0.4, 0.5) is 28.0 Å². The Kier molecular flexibility index (Phi) is 9.14. The molecule has 1 atom stereocenters. The van der Waals surface area contributed by atoms with Gasteiger partial charge in [0.05, 0.1) is 17.1 Å². The van der Waals surface area contributed by atoms with Crippen LogP contribution in [-0.2, 0) is 4.79 Å². The highest BCUT2D eigenvalue weighted by molar-refractivity contribution is 8.15. The first-order valence-corrected chi connectivity index (χ1v) is 14.6. The molecule has 0 radical (unpaired) electrons. The van der Waals surface area contributed by atoms with Gasteiger partial charge in [-0.2, -0.15) is 4.99 Å². The Morgan fingerprint density at radius 1 is 1.07 bits per heavy atom. The first-order valence-electron chi connectivity index (χ1n) is 13.6. The molecular weight excluding hydrogens is 612 g/mol. The second-order valence-electron chi connectivity index (χ2n) is 10.3. The van der Waals surface area contributed by atoms with Crippen LogP contribution in [0.1, 0.15) is 42.6 Å². The molecule has 1 unspecified atom stereocenters. The largest absolute Gasteiger partial charge is 0.573 e. The summed E-state index contributed by atoms with van der Waals surface area (Å²) in [5.74, 6) is -0.0245. The smallest absolute Gasteiger partial charge is 0.406 e. The number of nitrogens with zero attached hydrogens (tertiary/aromatic N) is 6. The number of aromatic nitrogens is 3. The van der Waals surface area contributed by atoms with Crippen molar-refractivity contribution in [3.05, 3.63) is 89.7 Å². The highest BCUT2D eigenvalue weighted by Gasteiger charge is 2.33. The topological polar surface area (TPSA) is 102 Å². The van der Waals surface area contributed by atoms with Crippen molar-refractivity contribution < 1.29 is 31.9 Å². The van der Waals surface area contributed by atoms with Gasteiger partial charge in [-0.15, -0.1) is 18.3 Å². The van der Waals surface area contributed by atoms with Gasteiger partial charge in [0, 0.05) is 11.8 Å². The summed E-state index contributed by atoms with van der Waals surface area (Å²) in [6, 6.07) is 16.1. The molecule has 1 saturated heterocycles. The lowest BCUT2D eigenvalue weighted by atomic mass is 9.99. The van der Waals surface area contributed by atoms with Crippen LogP contribution in [0.5, 0.6) is 5.75 Å². The SMILES string of the molecule is Cc1ccc(C(C)C)c(N2C(=O)CSC2=NC(=O)N=CC(F)c2ccc(-c3ncn(-c4ccc(OC(F)(F)F)cc4)n3)cc2)c1. The van der Waals surface area contributed by atoms with Gasteiger partial charge in [0.25, 0.3) is 0 Å². The maximum absolute atomic E-state index is 15.0. The number of amides is 3. The van der Waals surface area contributed by atoms with Crippen molar-refractivity contribution in [2.45, 2.75) is 39.2 Å². The van der Waals surface area contributed by atoms with E-state index in [-0.39, 0.29) is 34.1 Å². The van der Waals surface area contributed by atoms with E-state index in [1.807, 2.05) is 39.0 Å². The average Bonchev–Trinajstić information content (AvgIpc) is 3.62. The van der Waals surface area contributed by atoms with Crippen LogP contribution < -0.4 is 9.64 Å². The van der Waals surface area contributed by atoms with Crippen LogP contribution in [0.25, 0.3) is 17.1 Å². The van der Waals surface area contributed by atoms with Gasteiger partial charge >= 0.3 is 12.4 Å². The number of benzene rings is 3. The van der Waals surface area contributed by atoms with E-state index in [2.05, 4.69) is 24.8 Å².